The highest BCUT2D eigenvalue weighted by atomic mass is 127. The number of aryl methyl sites for hydroxylation is 1. The summed E-state index contributed by atoms with van der Waals surface area (Å²) >= 11 is 0. The van der Waals surface area contributed by atoms with Crippen LogP contribution in [0.2, 0.25) is 0 Å². The molecule has 2 aromatic rings. The van der Waals surface area contributed by atoms with Gasteiger partial charge >= 0.3 is 0 Å². The second kappa shape index (κ2) is 11.0. The monoisotopic (exact) mass is 509 g/mol. The van der Waals surface area contributed by atoms with Crippen LogP contribution in [-0.4, -0.2) is 36.6 Å². The number of non-ortho nitro benzene ring substituents is 1. The van der Waals surface area contributed by atoms with Gasteiger partial charge in [0, 0.05) is 43.5 Å². The zero-order chi connectivity index (χ0) is 19.9. The number of aliphatic imine (C=N–C) groups is 1. The summed E-state index contributed by atoms with van der Waals surface area (Å²) in [6.07, 6.45) is 1.05. The number of hydrogen-bond donors (Lipinski definition) is 2. The summed E-state index contributed by atoms with van der Waals surface area (Å²) in [4.78, 5) is 17.4. The van der Waals surface area contributed by atoms with E-state index in [-0.39, 0.29) is 29.7 Å². The standard InChI is InChI=1S/C21H27N5O2.HI/c1-3-22-21(23-14-17-6-10-20(11-7-17)26(27)28)24-18-12-13-25(15-18)19-8-4-16(2)5-9-19;/h4-11,18H,3,12-15H2,1-2H3,(H2,22,23,24);1H. The van der Waals surface area contributed by atoms with Gasteiger partial charge in [-0.1, -0.05) is 29.8 Å². The van der Waals surface area contributed by atoms with Crippen molar-refractivity contribution in [2.24, 2.45) is 4.99 Å². The molecule has 8 heteroatoms. The van der Waals surface area contributed by atoms with Crippen LogP contribution in [0, 0.1) is 17.0 Å². The number of nitro groups is 1. The lowest BCUT2D eigenvalue weighted by molar-refractivity contribution is -0.384. The molecule has 0 saturated carbocycles. The Morgan fingerprint density at radius 3 is 2.52 bits per heavy atom. The quantitative estimate of drug-likeness (QED) is 0.203. The van der Waals surface area contributed by atoms with E-state index < -0.39 is 4.92 Å². The Balaban J connectivity index is 0.00000300. The Labute approximate surface area is 188 Å². The van der Waals surface area contributed by atoms with E-state index in [1.807, 2.05) is 6.92 Å². The molecule has 7 nitrogen and oxygen atoms in total. The van der Waals surface area contributed by atoms with E-state index in [0.29, 0.717) is 12.6 Å². The highest BCUT2D eigenvalue weighted by Gasteiger charge is 2.23. The third-order valence-electron chi connectivity index (χ3n) is 4.84. The molecule has 0 radical (unpaired) electrons. The molecule has 3 rings (SSSR count). The fourth-order valence-electron chi connectivity index (χ4n) is 3.27. The Morgan fingerprint density at radius 2 is 1.90 bits per heavy atom. The highest BCUT2D eigenvalue weighted by molar-refractivity contribution is 14.0. The molecule has 1 unspecified atom stereocenters. The van der Waals surface area contributed by atoms with Crippen molar-refractivity contribution in [3.8, 4) is 0 Å². The van der Waals surface area contributed by atoms with E-state index in [9.17, 15) is 10.1 Å². The average Bonchev–Trinajstić information content (AvgIpc) is 3.15. The number of benzene rings is 2. The minimum absolute atomic E-state index is 0. The van der Waals surface area contributed by atoms with Crippen molar-refractivity contribution < 1.29 is 4.92 Å². The van der Waals surface area contributed by atoms with E-state index in [4.69, 9.17) is 0 Å². The largest absolute Gasteiger partial charge is 0.369 e. The number of guanidine groups is 1. The smallest absolute Gasteiger partial charge is 0.269 e. The van der Waals surface area contributed by atoms with Gasteiger partial charge in [-0.25, -0.2) is 4.99 Å². The number of anilines is 1. The number of hydrogen-bond acceptors (Lipinski definition) is 4. The summed E-state index contributed by atoms with van der Waals surface area (Å²) in [6, 6.07) is 15.5. The molecular weight excluding hydrogens is 481 g/mol. The molecule has 2 N–H and O–H groups in total. The first-order valence-electron chi connectivity index (χ1n) is 9.65. The predicted molar refractivity (Wildman–Crippen MR) is 128 cm³/mol. The van der Waals surface area contributed by atoms with Gasteiger partial charge in [0.2, 0.25) is 0 Å². The third kappa shape index (κ3) is 6.59. The number of nitrogens with zero attached hydrogens (tertiary/aromatic N) is 3. The van der Waals surface area contributed by atoms with Crippen LogP contribution in [0.25, 0.3) is 0 Å². The molecule has 1 atom stereocenters. The van der Waals surface area contributed by atoms with Crippen molar-refractivity contribution >= 4 is 41.3 Å². The summed E-state index contributed by atoms with van der Waals surface area (Å²) < 4.78 is 0. The molecule has 1 fully saturated rings. The zero-order valence-electron chi connectivity index (χ0n) is 16.8. The Bertz CT molecular complexity index is 824. The normalized spacial score (nSPS) is 16.3. The lowest BCUT2D eigenvalue weighted by atomic mass is 10.2. The van der Waals surface area contributed by atoms with Gasteiger partial charge in [-0.3, -0.25) is 10.1 Å². The molecule has 1 saturated heterocycles. The number of nitrogens with one attached hydrogen (secondary N) is 2. The van der Waals surface area contributed by atoms with Crippen LogP contribution in [0.15, 0.2) is 53.5 Å². The van der Waals surface area contributed by atoms with E-state index in [1.54, 1.807) is 12.1 Å². The van der Waals surface area contributed by atoms with Crippen molar-refractivity contribution in [3.05, 3.63) is 69.8 Å². The van der Waals surface area contributed by atoms with Crippen LogP contribution in [0.4, 0.5) is 11.4 Å². The molecule has 0 aliphatic carbocycles. The van der Waals surface area contributed by atoms with Crippen molar-refractivity contribution in [3.63, 3.8) is 0 Å². The third-order valence-corrected chi connectivity index (χ3v) is 4.84. The fraction of sp³-hybridized carbons (Fsp3) is 0.381. The van der Waals surface area contributed by atoms with E-state index in [2.05, 4.69) is 51.7 Å². The molecule has 1 heterocycles. The SMILES string of the molecule is CCNC(=NCc1ccc([N+](=O)[O-])cc1)NC1CCN(c2ccc(C)cc2)C1.I. The van der Waals surface area contributed by atoms with Crippen LogP contribution in [0.1, 0.15) is 24.5 Å². The molecule has 0 amide bonds. The first-order valence-corrected chi connectivity index (χ1v) is 9.65. The fourth-order valence-corrected chi connectivity index (χ4v) is 3.27. The minimum Gasteiger partial charge on any atom is -0.369 e. The first-order chi connectivity index (χ1) is 13.5. The maximum atomic E-state index is 10.8. The lowest BCUT2D eigenvalue weighted by Gasteiger charge is -2.20. The van der Waals surface area contributed by atoms with Gasteiger partial charge in [0.15, 0.2) is 5.96 Å². The van der Waals surface area contributed by atoms with Gasteiger partial charge in [0.1, 0.15) is 0 Å². The van der Waals surface area contributed by atoms with E-state index in [0.717, 1.165) is 37.6 Å². The molecule has 29 heavy (non-hydrogen) atoms. The Kier molecular flexibility index (Phi) is 8.69. The van der Waals surface area contributed by atoms with Crippen molar-refractivity contribution in [1.82, 2.24) is 10.6 Å². The second-order valence-electron chi connectivity index (χ2n) is 7.03. The summed E-state index contributed by atoms with van der Waals surface area (Å²) in [6.45, 7) is 7.34. The van der Waals surface area contributed by atoms with Gasteiger partial charge in [0.25, 0.3) is 5.69 Å². The number of nitro benzene ring substituents is 1. The molecule has 156 valence electrons. The molecule has 1 aliphatic rings. The first kappa shape index (κ1) is 22.9. The predicted octanol–water partition coefficient (Wildman–Crippen LogP) is 3.86. The molecular formula is C21H28IN5O2. The lowest BCUT2D eigenvalue weighted by Crippen LogP contribution is -2.44. The Morgan fingerprint density at radius 1 is 1.21 bits per heavy atom. The molecule has 2 aromatic carbocycles. The molecule has 1 aliphatic heterocycles. The second-order valence-corrected chi connectivity index (χ2v) is 7.03. The van der Waals surface area contributed by atoms with Crippen LogP contribution in [0.5, 0.6) is 0 Å². The topological polar surface area (TPSA) is 82.8 Å². The van der Waals surface area contributed by atoms with Crippen LogP contribution >= 0.6 is 24.0 Å². The van der Waals surface area contributed by atoms with Gasteiger partial charge in [0.05, 0.1) is 11.5 Å². The minimum atomic E-state index is -0.390. The maximum absolute atomic E-state index is 10.8. The van der Waals surface area contributed by atoms with Crippen LogP contribution < -0.4 is 15.5 Å². The molecule has 0 spiro atoms. The summed E-state index contributed by atoms with van der Waals surface area (Å²) in [5.41, 5.74) is 3.56. The van der Waals surface area contributed by atoms with Gasteiger partial charge < -0.3 is 15.5 Å². The summed E-state index contributed by atoms with van der Waals surface area (Å²) in [5.74, 6) is 0.775. The van der Waals surface area contributed by atoms with Crippen LogP contribution in [-0.2, 0) is 6.54 Å². The Hall–Kier alpha value is -2.36. The van der Waals surface area contributed by atoms with Crippen molar-refractivity contribution in [1.29, 1.82) is 0 Å². The zero-order valence-corrected chi connectivity index (χ0v) is 19.1. The molecule has 0 aromatic heterocycles. The number of rotatable bonds is 6. The van der Waals surface area contributed by atoms with Gasteiger partial charge in [-0.15, -0.1) is 24.0 Å². The number of halogens is 1. The van der Waals surface area contributed by atoms with E-state index >= 15 is 0 Å². The summed E-state index contributed by atoms with van der Waals surface area (Å²) in [5, 5.41) is 17.6. The van der Waals surface area contributed by atoms with Crippen LogP contribution in [0.3, 0.4) is 0 Å². The van der Waals surface area contributed by atoms with Crippen molar-refractivity contribution in [2.45, 2.75) is 32.9 Å². The maximum Gasteiger partial charge on any atom is 0.269 e. The molecule has 0 bridgehead atoms. The highest BCUT2D eigenvalue weighted by Crippen LogP contribution is 2.20. The van der Waals surface area contributed by atoms with E-state index in [1.165, 1.54) is 23.4 Å². The van der Waals surface area contributed by atoms with Crippen molar-refractivity contribution in [2.75, 3.05) is 24.5 Å². The van der Waals surface area contributed by atoms with Gasteiger partial charge in [-0.05, 0) is 38.0 Å². The average molecular weight is 509 g/mol. The summed E-state index contributed by atoms with van der Waals surface area (Å²) in [7, 11) is 0. The van der Waals surface area contributed by atoms with Gasteiger partial charge in [-0.2, -0.15) is 0 Å².